The minimum atomic E-state index is -0.220. The molecule has 5 heteroatoms. The maximum atomic E-state index is 11.7. The van der Waals surface area contributed by atoms with Crippen molar-refractivity contribution in [1.29, 1.82) is 0 Å². The molecule has 4 nitrogen and oxygen atoms in total. The molecule has 0 radical (unpaired) electrons. The molecule has 0 atom stereocenters. The monoisotopic (exact) mass is 266 g/mol. The molecule has 0 aliphatic carbocycles. The lowest BCUT2D eigenvalue weighted by atomic mass is 9.92. The van der Waals surface area contributed by atoms with Crippen LogP contribution in [0.25, 0.3) is 0 Å². The highest BCUT2D eigenvalue weighted by atomic mass is 35.5. The maximum Gasteiger partial charge on any atom is 0.220 e. The van der Waals surface area contributed by atoms with Crippen molar-refractivity contribution in [3.63, 3.8) is 0 Å². The summed E-state index contributed by atoms with van der Waals surface area (Å²) in [7, 11) is 0. The molecule has 0 rings (SSSR count). The molecule has 0 aromatic rings. The van der Waals surface area contributed by atoms with E-state index in [2.05, 4.69) is 19.2 Å². The highest BCUT2D eigenvalue weighted by molar-refractivity contribution is 5.85. The summed E-state index contributed by atoms with van der Waals surface area (Å²) in [5, 5.41) is 3.04. The van der Waals surface area contributed by atoms with Crippen molar-refractivity contribution in [2.24, 2.45) is 5.73 Å². The molecular formula is C12H27ClN2O2. The van der Waals surface area contributed by atoms with Crippen molar-refractivity contribution in [3.8, 4) is 0 Å². The molecule has 0 saturated heterocycles. The van der Waals surface area contributed by atoms with Crippen LogP contribution in [0.2, 0.25) is 0 Å². The third kappa shape index (κ3) is 7.58. The lowest BCUT2D eigenvalue weighted by molar-refractivity contribution is -0.123. The summed E-state index contributed by atoms with van der Waals surface area (Å²) in [5.74, 6) is 0.0776. The van der Waals surface area contributed by atoms with Crippen molar-refractivity contribution in [2.45, 2.75) is 52.0 Å². The summed E-state index contributed by atoms with van der Waals surface area (Å²) >= 11 is 0. The van der Waals surface area contributed by atoms with Gasteiger partial charge in [0.2, 0.25) is 5.91 Å². The molecule has 0 aromatic carbocycles. The molecule has 0 heterocycles. The van der Waals surface area contributed by atoms with E-state index in [-0.39, 0.29) is 23.9 Å². The van der Waals surface area contributed by atoms with Gasteiger partial charge in [0.15, 0.2) is 0 Å². The molecular weight excluding hydrogens is 240 g/mol. The van der Waals surface area contributed by atoms with Gasteiger partial charge in [-0.1, -0.05) is 13.8 Å². The van der Waals surface area contributed by atoms with E-state index < -0.39 is 0 Å². The van der Waals surface area contributed by atoms with Crippen molar-refractivity contribution >= 4 is 18.3 Å². The number of ether oxygens (including phenoxy) is 1. The van der Waals surface area contributed by atoms with Crippen LogP contribution in [-0.2, 0) is 9.53 Å². The van der Waals surface area contributed by atoms with E-state index in [0.29, 0.717) is 26.2 Å². The van der Waals surface area contributed by atoms with E-state index in [0.717, 1.165) is 19.3 Å². The fourth-order valence-corrected chi connectivity index (χ4v) is 1.60. The van der Waals surface area contributed by atoms with E-state index in [1.165, 1.54) is 0 Å². The molecule has 3 N–H and O–H groups in total. The molecule has 0 saturated carbocycles. The fraction of sp³-hybridized carbons (Fsp3) is 0.917. The lowest BCUT2D eigenvalue weighted by Crippen LogP contribution is -2.52. The number of hydrogen-bond donors (Lipinski definition) is 2. The Labute approximate surface area is 111 Å². The number of halogens is 1. The molecule has 0 aliphatic heterocycles. The summed E-state index contributed by atoms with van der Waals surface area (Å²) in [5.41, 5.74) is 5.49. The van der Waals surface area contributed by atoms with E-state index in [1.807, 2.05) is 6.92 Å². The Morgan fingerprint density at radius 3 is 2.29 bits per heavy atom. The number of nitrogens with one attached hydrogen (secondary N) is 1. The van der Waals surface area contributed by atoms with Gasteiger partial charge in [0, 0.05) is 26.2 Å². The zero-order chi connectivity index (χ0) is 12.4. The molecule has 17 heavy (non-hydrogen) atoms. The van der Waals surface area contributed by atoms with Gasteiger partial charge >= 0.3 is 0 Å². The Hall–Kier alpha value is -0.320. The zero-order valence-corrected chi connectivity index (χ0v) is 12.1. The topological polar surface area (TPSA) is 64.3 Å². The van der Waals surface area contributed by atoms with Gasteiger partial charge in [-0.25, -0.2) is 0 Å². The van der Waals surface area contributed by atoms with Gasteiger partial charge in [-0.05, 0) is 26.2 Å². The quantitative estimate of drug-likeness (QED) is 0.626. The Kier molecular flexibility index (Phi) is 12.1. The first-order valence-electron chi connectivity index (χ1n) is 6.23. The van der Waals surface area contributed by atoms with E-state index in [9.17, 15) is 4.79 Å². The summed E-state index contributed by atoms with van der Waals surface area (Å²) in [4.78, 5) is 11.7. The molecule has 0 spiro atoms. The summed E-state index contributed by atoms with van der Waals surface area (Å²) in [6.07, 6.45) is 3.03. The smallest absolute Gasteiger partial charge is 0.220 e. The highest BCUT2D eigenvalue weighted by Crippen LogP contribution is 2.13. The van der Waals surface area contributed by atoms with Gasteiger partial charge in [-0.2, -0.15) is 0 Å². The predicted octanol–water partition coefficient (Wildman–Crippen LogP) is 1.86. The van der Waals surface area contributed by atoms with E-state index in [1.54, 1.807) is 0 Å². The van der Waals surface area contributed by atoms with Crippen molar-refractivity contribution in [2.75, 3.05) is 19.8 Å². The first-order chi connectivity index (χ1) is 7.64. The van der Waals surface area contributed by atoms with Crippen LogP contribution in [-0.4, -0.2) is 31.2 Å². The van der Waals surface area contributed by atoms with Crippen molar-refractivity contribution in [1.82, 2.24) is 5.32 Å². The first kappa shape index (κ1) is 19.0. The number of nitrogens with two attached hydrogens (primary N) is 1. The van der Waals surface area contributed by atoms with Crippen LogP contribution < -0.4 is 11.1 Å². The molecule has 1 amide bonds. The van der Waals surface area contributed by atoms with Gasteiger partial charge < -0.3 is 15.8 Å². The molecule has 0 fully saturated rings. The van der Waals surface area contributed by atoms with Crippen molar-refractivity contribution in [3.05, 3.63) is 0 Å². The second-order valence-electron chi connectivity index (χ2n) is 4.04. The van der Waals surface area contributed by atoms with Gasteiger partial charge in [0.1, 0.15) is 0 Å². The minimum Gasteiger partial charge on any atom is -0.382 e. The normalized spacial score (nSPS) is 10.8. The Balaban J connectivity index is 0. The largest absolute Gasteiger partial charge is 0.382 e. The van der Waals surface area contributed by atoms with E-state index in [4.69, 9.17) is 10.5 Å². The number of amides is 1. The van der Waals surface area contributed by atoms with Gasteiger partial charge in [0.05, 0.1) is 5.54 Å². The predicted molar refractivity (Wildman–Crippen MR) is 73.5 cm³/mol. The van der Waals surface area contributed by atoms with Crippen LogP contribution in [0.5, 0.6) is 0 Å². The molecule has 0 aromatic heterocycles. The second kappa shape index (κ2) is 10.8. The van der Waals surface area contributed by atoms with E-state index >= 15 is 0 Å². The van der Waals surface area contributed by atoms with Crippen LogP contribution in [0, 0.1) is 0 Å². The van der Waals surface area contributed by atoms with Crippen LogP contribution in [0.1, 0.15) is 46.5 Å². The number of carbonyl (C=O) groups is 1. The lowest BCUT2D eigenvalue weighted by Gasteiger charge is -2.31. The van der Waals surface area contributed by atoms with Gasteiger partial charge in [0.25, 0.3) is 0 Å². The van der Waals surface area contributed by atoms with Gasteiger partial charge in [-0.15, -0.1) is 12.4 Å². The average Bonchev–Trinajstić information content (AvgIpc) is 2.32. The summed E-state index contributed by atoms with van der Waals surface area (Å²) < 4.78 is 5.19. The summed E-state index contributed by atoms with van der Waals surface area (Å²) in [6.45, 7) is 7.91. The van der Waals surface area contributed by atoms with Gasteiger partial charge in [-0.3, -0.25) is 4.79 Å². The van der Waals surface area contributed by atoms with Crippen LogP contribution in [0.3, 0.4) is 0 Å². The van der Waals surface area contributed by atoms with Crippen LogP contribution in [0.15, 0.2) is 0 Å². The number of hydrogen-bond acceptors (Lipinski definition) is 3. The van der Waals surface area contributed by atoms with Crippen LogP contribution in [0.4, 0.5) is 0 Å². The molecule has 0 unspecified atom stereocenters. The molecule has 0 bridgehead atoms. The molecule has 104 valence electrons. The zero-order valence-electron chi connectivity index (χ0n) is 11.3. The highest BCUT2D eigenvalue weighted by Gasteiger charge is 2.25. The third-order valence-electron chi connectivity index (χ3n) is 3.05. The van der Waals surface area contributed by atoms with Crippen LogP contribution >= 0.6 is 12.4 Å². The number of carbonyl (C=O) groups excluding carboxylic acids is 1. The Morgan fingerprint density at radius 1 is 1.29 bits per heavy atom. The second-order valence-corrected chi connectivity index (χ2v) is 4.04. The Bertz CT molecular complexity index is 189. The summed E-state index contributed by atoms with van der Waals surface area (Å²) in [6, 6.07) is 0. The Morgan fingerprint density at radius 2 is 1.88 bits per heavy atom. The molecule has 0 aliphatic rings. The first-order valence-corrected chi connectivity index (χ1v) is 6.23. The fourth-order valence-electron chi connectivity index (χ4n) is 1.60. The maximum absolute atomic E-state index is 11.7. The average molecular weight is 267 g/mol. The standard InChI is InChI=1S/C12H26N2O2.ClH/c1-4-12(5-2,10-13)14-11(15)8-7-9-16-6-3;/h4-10,13H2,1-3H3,(H,14,15);1H. The van der Waals surface area contributed by atoms with Crippen molar-refractivity contribution < 1.29 is 9.53 Å². The number of rotatable bonds is 9. The SMILES string of the molecule is CCOCCCC(=O)NC(CC)(CC)CN.Cl. The minimum absolute atomic E-state index is 0. The third-order valence-corrected chi connectivity index (χ3v) is 3.05.